The highest BCUT2D eigenvalue weighted by Gasteiger charge is 2.42. The molecule has 2 nitrogen and oxygen atoms in total. The minimum atomic E-state index is -0.0404. The average Bonchev–Trinajstić information content (AvgIpc) is 2.32. The molecule has 0 aliphatic heterocycles. The Hall–Kier alpha value is -0.0800. The fourth-order valence-corrected chi connectivity index (χ4v) is 3.27. The van der Waals surface area contributed by atoms with Gasteiger partial charge in [0.05, 0.1) is 5.60 Å². The van der Waals surface area contributed by atoms with Crippen LogP contribution in [0.4, 0.5) is 0 Å². The largest absolute Gasteiger partial charge is 0.374 e. The van der Waals surface area contributed by atoms with Gasteiger partial charge in [0.15, 0.2) is 0 Å². The van der Waals surface area contributed by atoms with Crippen molar-refractivity contribution in [3.63, 3.8) is 0 Å². The predicted molar refractivity (Wildman–Crippen MR) is 83.3 cm³/mol. The van der Waals surface area contributed by atoms with Crippen LogP contribution in [0.5, 0.6) is 0 Å². The van der Waals surface area contributed by atoms with Gasteiger partial charge in [0.2, 0.25) is 0 Å². The summed E-state index contributed by atoms with van der Waals surface area (Å²) in [7, 11) is 0. The van der Waals surface area contributed by atoms with Crippen LogP contribution in [-0.4, -0.2) is 18.2 Å². The van der Waals surface area contributed by atoms with Crippen LogP contribution in [0.3, 0.4) is 0 Å². The van der Waals surface area contributed by atoms with Crippen molar-refractivity contribution in [1.82, 2.24) is 0 Å². The van der Waals surface area contributed by atoms with E-state index in [0.717, 1.165) is 31.8 Å². The summed E-state index contributed by atoms with van der Waals surface area (Å²) in [5.41, 5.74) is 6.95. The number of hydrogen-bond acceptors (Lipinski definition) is 2. The Balaban J connectivity index is 2.56. The summed E-state index contributed by atoms with van der Waals surface area (Å²) in [6, 6.07) is 0.210. The second kappa shape index (κ2) is 7.08. The minimum absolute atomic E-state index is 0.0404. The van der Waals surface area contributed by atoms with Crippen LogP contribution in [0.1, 0.15) is 79.6 Å². The maximum atomic E-state index is 6.52. The lowest BCUT2D eigenvalue weighted by molar-refractivity contribution is -0.101. The van der Waals surface area contributed by atoms with Crippen molar-refractivity contribution in [2.24, 2.45) is 17.1 Å². The highest BCUT2D eigenvalue weighted by atomic mass is 16.5. The van der Waals surface area contributed by atoms with Crippen LogP contribution in [0, 0.1) is 11.3 Å². The first-order valence-electron chi connectivity index (χ1n) is 8.21. The summed E-state index contributed by atoms with van der Waals surface area (Å²) in [6.07, 6.45) is 8.38. The monoisotopic (exact) mass is 269 g/mol. The van der Waals surface area contributed by atoms with E-state index in [9.17, 15) is 0 Å². The van der Waals surface area contributed by atoms with Gasteiger partial charge in [-0.15, -0.1) is 0 Å². The van der Waals surface area contributed by atoms with Gasteiger partial charge in [-0.1, -0.05) is 40.5 Å². The fraction of sp³-hybridized carbons (Fsp3) is 1.00. The SMILES string of the molecule is CCOC1(C(N)CCCC(C)C)CCC(C)(C)CC1. The molecule has 1 aliphatic rings. The summed E-state index contributed by atoms with van der Waals surface area (Å²) >= 11 is 0. The molecule has 1 saturated carbocycles. The van der Waals surface area contributed by atoms with Gasteiger partial charge < -0.3 is 10.5 Å². The number of nitrogens with two attached hydrogens (primary N) is 1. The summed E-state index contributed by atoms with van der Waals surface area (Å²) < 4.78 is 6.16. The second-order valence-electron chi connectivity index (χ2n) is 7.59. The predicted octanol–water partition coefficient (Wildman–Crippen LogP) is 4.52. The molecule has 0 bridgehead atoms. The third-order valence-corrected chi connectivity index (χ3v) is 4.85. The Labute approximate surface area is 120 Å². The van der Waals surface area contributed by atoms with Crippen molar-refractivity contribution < 1.29 is 4.74 Å². The lowest BCUT2D eigenvalue weighted by Gasteiger charge is -2.46. The highest BCUT2D eigenvalue weighted by molar-refractivity contribution is 4.97. The van der Waals surface area contributed by atoms with E-state index in [1.54, 1.807) is 0 Å². The van der Waals surface area contributed by atoms with Crippen LogP contribution >= 0.6 is 0 Å². The molecule has 1 unspecified atom stereocenters. The zero-order valence-corrected chi connectivity index (χ0v) is 13.8. The molecule has 0 aromatic carbocycles. The van der Waals surface area contributed by atoms with E-state index in [2.05, 4.69) is 34.6 Å². The fourth-order valence-electron chi connectivity index (χ4n) is 3.27. The third kappa shape index (κ3) is 5.07. The molecular weight excluding hydrogens is 234 g/mol. The molecule has 19 heavy (non-hydrogen) atoms. The zero-order valence-electron chi connectivity index (χ0n) is 13.8. The molecule has 2 heteroatoms. The topological polar surface area (TPSA) is 35.2 Å². The standard InChI is InChI=1S/C17H35NO/c1-6-19-17(12-10-16(4,5)11-13-17)15(18)9-7-8-14(2)3/h14-15H,6-13,18H2,1-5H3. The van der Waals surface area contributed by atoms with Crippen molar-refractivity contribution in [3.05, 3.63) is 0 Å². The highest BCUT2D eigenvalue weighted by Crippen LogP contribution is 2.44. The van der Waals surface area contributed by atoms with Gasteiger partial charge in [0.25, 0.3) is 0 Å². The van der Waals surface area contributed by atoms with Crippen LogP contribution in [0.15, 0.2) is 0 Å². The van der Waals surface area contributed by atoms with E-state index in [-0.39, 0.29) is 11.6 Å². The van der Waals surface area contributed by atoms with Crippen molar-refractivity contribution in [2.45, 2.75) is 91.2 Å². The third-order valence-electron chi connectivity index (χ3n) is 4.85. The lowest BCUT2D eigenvalue weighted by atomic mass is 9.68. The van der Waals surface area contributed by atoms with Crippen molar-refractivity contribution in [1.29, 1.82) is 0 Å². The van der Waals surface area contributed by atoms with Gasteiger partial charge in [-0.25, -0.2) is 0 Å². The lowest BCUT2D eigenvalue weighted by Crippen LogP contribution is -2.53. The van der Waals surface area contributed by atoms with Crippen LogP contribution in [-0.2, 0) is 4.74 Å². The maximum absolute atomic E-state index is 6.52. The Morgan fingerprint density at radius 2 is 1.63 bits per heavy atom. The van der Waals surface area contributed by atoms with Gasteiger partial charge in [-0.05, 0) is 50.4 Å². The van der Waals surface area contributed by atoms with E-state index in [1.165, 1.54) is 25.7 Å². The molecule has 1 fully saturated rings. The Bertz CT molecular complexity index is 250. The summed E-state index contributed by atoms with van der Waals surface area (Å²) in [5, 5.41) is 0. The molecule has 1 aliphatic carbocycles. The van der Waals surface area contributed by atoms with E-state index in [0.29, 0.717) is 5.41 Å². The zero-order chi connectivity index (χ0) is 14.5. The maximum Gasteiger partial charge on any atom is 0.0832 e. The molecule has 0 amide bonds. The van der Waals surface area contributed by atoms with Crippen LogP contribution < -0.4 is 5.73 Å². The first-order valence-corrected chi connectivity index (χ1v) is 8.21. The molecule has 0 aromatic rings. The van der Waals surface area contributed by atoms with E-state index < -0.39 is 0 Å². The van der Waals surface area contributed by atoms with Gasteiger partial charge >= 0.3 is 0 Å². The first-order chi connectivity index (χ1) is 8.81. The van der Waals surface area contributed by atoms with Crippen molar-refractivity contribution >= 4 is 0 Å². The van der Waals surface area contributed by atoms with E-state index in [1.807, 2.05) is 0 Å². The molecule has 1 rings (SSSR count). The van der Waals surface area contributed by atoms with E-state index >= 15 is 0 Å². The van der Waals surface area contributed by atoms with E-state index in [4.69, 9.17) is 10.5 Å². The van der Waals surface area contributed by atoms with Gasteiger partial charge in [-0.3, -0.25) is 0 Å². The number of hydrogen-bond donors (Lipinski definition) is 1. The first kappa shape index (κ1) is 17.0. The summed E-state index contributed by atoms with van der Waals surface area (Å²) in [6.45, 7) is 12.2. The van der Waals surface area contributed by atoms with Crippen LogP contribution in [0.2, 0.25) is 0 Å². The molecule has 0 spiro atoms. The molecule has 114 valence electrons. The summed E-state index contributed by atoms with van der Waals surface area (Å²) in [4.78, 5) is 0. The van der Waals surface area contributed by atoms with Crippen molar-refractivity contribution in [3.8, 4) is 0 Å². The second-order valence-corrected chi connectivity index (χ2v) is 7.59. The Morgan fingerprint density at radius 1 is 1.05 bits per heavy atom. The molecular formula is C17H35NO. The molecule has 0 radical (unpaired) electrons. The smallest absolute Gasteiger partial charge is 0.0832 e. The quantitative estimate of drug-likeness (QED) is 0.737. The van der Waals surface area contributed by atoms with Gasteiger partial charge in [-0.2, -0.15) is 0 Å². The summed E-state index contributed by atoms with van der Waals surface area (Å²) in [5.74, 6) is 0.778. The van der Waals surface area contributed by atoms with Crippen molar-refractivity contribution in [2.75, 3.05) is 6.61 Å². The van der Waals surface area contributed by atoms with Gasteiger partial charge in [0, 0.05) is 12.6 Å². The molecule has 2 N–H and O–H groups in total. The molecule has 0 aromatic heterocycles. The minimum Gasteiger partial charge on any atom is -0.374 e. The normalized spacial score (nSPS) is 23.5. The number of ether oxygens (including phenoxy) is 1. The number of rotatable bonds is 7. The Kier molecular flexibility index (Phi) is 6.32. The molecule has 0 heterocycles. The van der Waals surface area contributed by atoms with Crippen LogP contribution in [0.25, 0.3) is 0 Å². The molecule has 1 atom stereocenters. The molecule has 0 saturated heterocycles. The Morgan fingerprint density at radius 3 is 2.11 bits per heavy atom. The average molecular weight is 269 g/mol. The van der Waals surface area contributed by atoms with Gasteiger partial charge in [0.1, 0.15) is 0 Å².